The van der Waals surface area contributed by atoms with Gasteiger partial charge in [-0.15, -0.1) is 0 Å². The lowest BCUT2D eigenvalue weighted by Crippen LogP contribution is -2.29. The molecule has 2 aromatic carbocycles. The number of benzene rings is 2. The van der Waals surface area contributed by atoms with Gasteiger partial charge in [-0.2, -0.15) is 0 Å². The maximum absolute atomic E-state index is 14.3. The van der Waals surface area contributed by atoms with E-state index in [1.807, 2.05) is 60.6 Å². The molecule has 29 heavy (non-hydrogen) atoms. The van der Waals surface area contributed by atoms with Crippen molar-refractivity contribution in [3.8, 4) is 17.1 Å². The third kappa shape index (κ3) is 2.88. The molecule has 1 aliphatic rings. The highest BCUT2D eigenvalue weighted by Gasteiger charge is 2.43. The summed E-state index contributed by atoms with van der Waals surface area (Å²) in [7, 11) is -3.35. The SMILES string of the molecule is CCC(C)C(C)(C)c1cccc2c1-c1nc(C)c(C)n1P(=O)(c1ccccc1)O2. The Morgan fingerprint density at radius 3 is 2.45 bits per heavy atom. The fourth-order valence-corrected chi connectivity index (χ4v) is 6.51. The summed E-state index contributed by atoms with van der Waals surface area (Å²) in [5.41, 5.74) is 3.85. The molecular formula is C24H29N2O2P. The van der Waals surface area contributed by atoms with Crippen molar-refractivity contribution in [3.05, 3.63) is 65.5 Å². The minimum Gasteiger partial charge on any atom is -0.425 e. The van der Waals surface area contributed by atoms with Crippen LogP contribution in [0.2, 0.25) is 0 Å². The minimum absolute atomic E-state index is 0.0733. The smallest absolute Gasteiger partial charge is 0.379 e. The standard InChI is InChI=1S/C24H29N2O2P/c1-7-16(2)24(5,6)20-14-11-15-21-22(20)23-25-17(3)18(4)26(23)29(27,28-21)19-12-9-8-10-13-19/h8-16H,7H2,1-6H3. The maximum atomic E-state index is 14.3. The van der Waals surface area contributed by atoms with Crippen LogP contribution in [0.5, 0.6) is 5.75 Å². The van der Waals surface area contributed by atoms with Crippen LogP contribution < -0.4 is 9.83 Å². The summed E-state index contributed by atoms with van der Waals surface area (Å²) < 4.78 is 22.5. The second-order valence-electron chi connectivity index (χ2n) is 8.57. The lowest BCUT2D eigenvalue weighted by atomic mass is 9.71. The summed E-state index contributed by atoms with van der Waals surface area (Å²) >= 11 is 0. The molecule has 2 atom stereocenters. The van der Waals surface area contributed by atoms with Gasteiger partial charge in [0.25, 0.3) is 0 Å². The highest BCUT2D eigenvalue weighted by Crippen LogP contribution is 2.59. The van der Waals surface area contributed by atoms with E-state index in [1.54, 1.807) is 0 Å². The number of aromatic nitrogens is 2. The van der Waals surface area contributed by atoms with E-state index in [4.69, 9.17) is 9.51 Å². The Bertz CT molecular complexity index is 1120. The molecule has 3 aromatic rings. The molecular weight excluding hydrogens is 379 g/mol. The van der Waals surface area contributed by atoms with Crippen LogP contribution >= 0.6 is 7.52 Å². The molecule has 0 radical (unpaired) electrons. The van der Waals surface area contributed by atoms with E-state index >= 15 is 0 Å². The second kappa shape index (κ2) is 6.88. The van der Waals surface area contributed by atoms with E-state index in [2.05, 4.69) is 33.8 Å². The van der Waals surface area contributed by atoms with Crippen LogP contribution in [0.15, 0.2) is 48.5 Å². The second-order valence-corrected chi connectivity index (χ2v) is 10.7. The molecule has 0 aliphatic carbocycles. The molecule has 0 saturated carbocycles. The fraction of sp³-hybridized carbons (Fsp3) is 0.375. The molecule has 2 heterocycles. The quantitative estimate of drug-likeness (QED) is 0.479. The molecule has 5 heteroatoms. The summed E-state index contributed by atoms with van der Waals surface area (Å²) in [6, 6.07) is 15.6. The third-order valence-corrected chi connectivity index (χ3v) is 9.08. The van der Waals surface area contributed by atoms with E-state index in [0.29, 0.717) is 17.0 Å². The highest BCUT2D eigenvalue weighted by atomic mass is 31.2. The van der Waals surface area contributed by atoms with Crippen molar-refractivity contribution in [1.82, 2.24) is 9.32 Å². The summed E-state index contributed by atoms with van der Waals surface area (Å²) in [5, 5.41) is 0.680. The van der Waals surface area contributed by atoms with Crippen molar-refractivity contribution in [1.29, 1.82) is 0 Å². The van der Waals surface area contributed by atoms with Crippen molar-refractivity contribution >= 4 is 12.8 Å². The van der Waals surface area contributed by atoms with E-state index < -0.39 is 7.52 Å². The van der Waals surface area contributed by atoms with Crippen molar-refractivity contribution in [2.24, 2.45) is 5.92 Å². The first-order valence-corrected chi connectivity index (χ1v) is 11.9. The average molecular weight is 408 g/mol. The van der Waals surface area contributed by atoms with E-state index in [-0.39, 0.29) is 5.41 Å². The van der Waals surface area contributed by atoms with Gasteiger partial charge < -0.3 is 4.52 Å². The fourth-order valence-electron chi connectivity index (χ4n) is 4.19. The molecule has 4 rings (SSSR count). The first-order chi connectivity index (χ1) is 13.7. The Kier molecular flexibility index (Phi) is 4.74. The minimum atomic E-state index is -3.35. The van der Waals surface area contributed by atoms with Gasteiger partial charge in [-0.25, -0.2) is 13.9 Å². The number of nitrogens with zero attached hydrogens (tertiary/aromatic N) is 2. The van der Waals surface area contributed by atoms with Crippen LogP contribution in [0.4, 0.5) is 0 Å². The van der Waals surface area contributed by atoms with Gasteiger partial charge in [0.05, 0.1) is 16.6 Å². The molecule has 0 amide bonds. The number of hydrogen-bond donors (Lipinski definition) is 0. The molecule has 1 aromatic heterocycles. The Morgan fingerprint density at radius 1 is 1.10 bits per heavy atom. The third-order valence-electron chi connectivity index (χ3n) is 6.67. The first kappa shape index (κ1) is 20.0. The highest BCUT2D eigenvalue weighted by molar-refractivity contribution is 7.66. The topological polar surface area (TPSA) is 44.1 Å². The van der Waals surface area contributed by atoms with Gasteiger partial charge in [0.1, 0.15) is 5.75 Å². The molecule has 2 unspecified atom stereocenters. The van der Waals surface area contributed by atoms with Gasteiger partial charge in [-0.1, -0.05) is 64.4 Å². The van der Waals surface area contributed by atoms with Crippen molar-refractivity contribution in [2.45, 2.75) is 53.4 Å². The number of fused-ring (bicyclic) bond motifs is 3. The summed E-state index contributed by atoms with van der Waals surface area (Å²) in [6.07, 6.45) is 1.08. The van der Waals surface area contributed by atoms with Gasteiger partial charge in [-0.05, 0) is 48.9 Å². The van der Waals surface area contributed by atoms with Crippen LogP contribution in [0.25, 0.3) is 11.4 Å². The van der Waals surface area contributed by atoms with Gasteiger partial charge in [0.2, 0.25) is 0 Å². The molecule has 0 bridgehead atoms. The van der Waals surface area contributed by atoms with Gasteiger partial charge >= 0.3 is 7.52 Å². The van der Waals surface area contributed by atoms with Crippen molar-refractivity contribution < 1.29 is 9.09 Å². The van der Waals surface area contributed by atoms with E-state index in [9.17, 15) is 4.57 Å². The van der Waals surface area contributed by atoms with Gasteiger partial charge in [-0.3, -0.25) is 0 Å². The van der Waals surface area contributed by atoms with E-state index in [0.717, 1.165) is 29.2 Å². The van der Waals surface area contributed by atoms with Gasteiger partial charge in [0, 0.05) is 5.69 Å². The zero-order valence-electron chi connectivity index (χ0n) is 18.1. The molecule has 0 saturated heterocycles. The number of imidazole rings is 1. The van der Waals surface area contributed by atoms with Crippen molar-refractivity contribution in [2.75, 3.05) is 0 Å². The van der Waals surface area contributed by atoms with Crippen molar-refractivity contribution in [3.63, 3.8) is 0 Å². The molecule has 0 fully saturated rings. The van der Waals surface area contributed by atoms with Crippen LogP contribution in [0, 0.1) is 19.8 Å². The van der Waals surface area contributed by atoms with E-state index in [1.165, 1.54) is 5.56 Å². The largest absolute Gasteiger partial charge is 0.425 e. The Morgan fingerprint density at radius 2 is 1.79 bits per heavy atom. The average Bonchev–Trinajstić information content (AvgIpc) is 3.03. The molecule has 152 valence electrons. The van der Waals surface area contributed by atoms with Crippen LogP contribution in [-0.2, 0) is 9.98 Å². The zero-order chi connectivity index (χ0) is 21.0. The summed E-state index contributed by atoms with van der Waals surface area (Å²) in [6.45, 7) is 13.0. The van der Waals surface area contributed by atoms with Crippen LogP contribution in [0.1, 0.15) is 51.1 Å². The zero-order valence-corrected chi connectivity index (χ0v) is 19.0. The summed E-state index contributed by atoms with van der Waals surface area (Å²) in [5.74, 6) is 1.88. The number of aryl methyl sites for hydroxylation is 1. The lowest BCUT2D eigenvalue weighted by molar-refractivity contribution is 0.334. The predicted molar refractivity (Wildman–Crippen MR) is 119 cm³/mol. The lowest BCUT2D eigenvalue weighted by Gasteiger charge is -2.37. The monoisotopic (exact) mass is 408 g/mol. The normalized spacial score (nSPS) is 19.2. The summed E-state index contributed by atoms with van der Waals surface area (Å²) in [4.78, 5) is 4.88. The first-order valence-electron chi connectivity index (χ1n) is 10.3. The molecule has 1 aliphatic heterocycles. The molecule has 0 spiro atoms. The Balaban J connectivity index is 2.04. The Hall–Kier alpha value is -2.32. The molecule has 4 nitrogen and oxygen atoms in total. The maximum Gasteiger partial charge on any atom is 0.379 e. The predicted octanol–water partition coefficient (Wildman–Crippen LogP) is 6.25. The van der Waals surface area contributed by atoms with Crippen LogP contribution in [0.3, 0.4) is 0 Å². The van der Waals surface area contributed by atoms with Crippen LogP contribution in [-0.4, -0.2) is 9.32 Å². The Labute approximate surface area is 173 Å². The van der Waals surface area contributed by atoms with Gasteiger partial charge in [0.15, 0.2) is 5.82 Å². The molecule has 0 N–H and O–H groups in total. The number of rotatable bonds is 4. The number of hydrogen-bond acceptors (Lipinski definition) is 3.